The largest absolute Gasteiger partial charge is 0.494 e. The van der Waals surface area contributed by atoms with Crippen molar-refractivity contribution in [1.82, 2.24) is 9.88 Å². The molecule has 3 N–H and O–H groups in total. The maximum atomic E-state index is 6.17. The summed E-state index contributed by atoms with van der Waals surface area (Å²) in [5.74, 6) is 2.78. The number of nitrogens with two attached hydrogens (primary N) is 1. The molecule has 1 aliphatic heterocycles. The number of ether oxygens (including phenoxy) is 2. The van der Waals surface area contributed by atoms with Gasteiger partial charge in [0, 0.05) is 38.4 Å². The van der Waals surface area contributed by atoms with Crippen LogP contribution in [0, 0.1) is 0 Å². The molecule has 0 radical (unpaired) electrons. The fourth-order valence-electron chi connectivity index (χ4n) is 3.52. The standard InChI is InChI=1S/C23H34N6O2/c1-4-28-11-13-29(14-12-28)22-15-18(9-10-25-22)17-26-23(24)27-20-16-19(30-5-2)7-8-21(20)31-6-3/h7-10,15-16H,4-6,11-14,17H2,1-3H3,(H3,24,26,27). The van der Waals surface area contributed by atoms with Crippen LogP contribution in [-0.2, 0) is 6.54 Å². The number of benzene rings is 1. The third-order valence-corrected chi connectivity index (χ3v) is 5.21. The Morgan fingerprint density at radius 2 is 1.84 bits per heavy atom. The first-order valence-electron chi connectivity index (χ1n) is 11.0. The van der Waals surface area contributed by atoms with Gasteiger partial charge in [0.05, 0.1) is 25.4 Å². The van der Waals surface area contributed by atoms with E-state index in [-0.39, 0.29) is 0 Å². The summed E-state index contributed by atoms with van der Waals surface area (Å²) < 4.78 is 11.3. The number of hydrogen-bond acceptors (Lipinski definition) is 6. The van der Waals surface area contributed by atoms with Crippen LogP contribution in [0.25, 0.3) is 0 Å². The van der Waals surface area contributed by atoms with Crippen LogP contribution in [0.2, 0.25) is 0 Å². The first kappa shape index (κ1) is 22.7. The highest BCUT2D eigenvalue weighted by atomic mass is 16.5. The van der Waals surface area contributed by atoms with Crippen LogP contribution in [0.3, 0.4) is 0 Å². The van der Waals surface area contributed by atoms with Crippen molar-refractivity contribution in [1.29, 1.82) is 0 Å². The van der Waals surface area contributed by atoms with Crippen LogP contribution in [0.15, 0.2) is 41.5 Å². The van der Waals surface area contributed by atoms with E-state index >= 15 is 0 Å². The first-order valence-corrected chi connectivity index (χ1v) is 11.0. The molecular formula is C23H34N6O2. The number of anilines is 2. The topological polar surface area (TPSA) is 88.2 Å². The number of guanidine groups is 1. The number of likely N-dealkylation sites (N-methyl/N-ethyl adjacent to an activating group) is 1. The molecule has 8 heteroatoms. The Hall–Kier alpha value is -3.00. The Labute approximate surface area is 185 Å². The highest BCUT2D eigenvalue weighted by Gasteiger charge is 2.16. The number of nitrogens with one attached hydrogen (secondary N) is 1. The zero-order valence-corrected chi connectivity index (χ0v) is 18.8. The molecular weight excluding hydrogens is 392 g/mol. The van der Waals surface area contributed by atoms with Gasteiger partial charge >= 0.3 is 0 Å². The summed E-state index contributed by atoms with van der Waals surface area (Å²) in [6.45, 7) is 12.9. The number of aliphatic imine (C=N–C) groups is 1. The number of hydrogen-bond donors (Lipinski definition) is 2. The Balaban J connectivity index is 1.65. The second-order valence-corrected chi connectivity index (χ2v) is 7.29. The summed E-state index contributed by atoms with van der Waals surface area (Å²) in [5, 5.41) is 3.14. The van der Waals surface area contributed by atoms with Gasteiger partial charge in [0.1, 0.15) is 17.3 Å². The molecule has 0 unspecified atom stereocenters. The zero-order chi connectivity index (χ0) is 22.1. The van der Waals surface area contributed by atoms with Crippen molar-refractivity contribution in [2.45, 2.75) is 27.3 Å². The summed E-state index contributed by atoms with van der Waals surface area (Å²) in [5.41, 5.74) is 7.97. The monoisotopic (exact) mass is 426 g/mol. The average molecular weight is 427 g/mol. The van der Waals surface area contributed by atoms with Gasteiger partial charge in [-0.15, -0.1) is 0 Å². The lowest BCUT2D eigenvalue weighted by Crippen LogP contribution is -2.46. The van der Waals surface area contributed by atoms with Crippen molar-refractivity contribution in [3.8, 4) is 11.5 Å². The highest BCUT2D eigenvalue weighted by Crippen LogP contribution is 2.29. The van der Waals surface area contributed by atoms with Crippen molar-refractivity contribution in [2.75, 3.05) is 56.2 Å². The van der Waals surface area contributed by atoms with Crippen LogP contribution in [-0.4, -0.2) is 61.8 Å². The summed E-state index contributed by atoms with van der Waals surface area (Å²) in [6.07, 6.45) is 1.84. The summed E-state index contributed by atoms with van der Waals surface area (Å²) >= 11 is 0. The molecule has 0 atom stereocenters. The van der Waals surface area contributed by atoms with Gasteiger partial charge in [-0.3, -0.25) is 0 Å². The van der Waals surface area contributed by atoms with Crippen molar-refractivity contribution in [2.24, 2.45) is 10.7 Å². The Kier molecular flexibility index (Phi) is 8.35. The molecule has 0 saturated carbocycles. The lowest BCUT2D eigenvalue weighted by atomic mass is 10.2. The second-order valence-electron chi connectivity index (χ2n) is 7.29. The quantitative estimate of drug-likeness (QED) is 0.471. The van der Waals surface area contributed by atoms with Crippen LogP contribution in [0.1, 0.15) is 26.3 Å². The van der Waals surface area contributed by atoms with Crippen molar-refractivity contribution < 1.29 is 9.47 Å². The third-order valence-electron chi connectivity index (χ3n) is 5.21. The predicted octanol–water partition coefficient (Wildman–Crippen LogP) is 2.95. The first-order chi connectivity index (χ1) is 15.1. The number of pyridine rings is 1. The van der Waals surface area contributed by atoms with Crippen molar-refractivity contribution in [3.63, 3.8) is 0 Å². The van der Waals surface area contributed by atoms with Gasteiger partial charge in [-0.2, -0.15) is 0 Å². The minimum absolute atomic E-state index is 0.324. The van der Waals surface area contributed by atoms with E-state index in [1.807, 2.05) is 44.3 Å². The zero-order valence-electron chi connectivity index (χ0n) is 18.8. The molecule has 8 nitrogen and oxygen atoms in total. The normalized spacial score (nSPS) is 15.1. The molecule has 31 heavy (non-hydrogen) atoms. The predicted molar refractivity (Wildman–Crippen MR) is 126 cm³/mol. The molecule has 1 aliphatic rings. The van der Waals surface area contributed by atoms with Gasteiger partial charge in [-0.25, -0.2) is 9.98 Å². The molecule has 1 aromatic carbocycles. The van der Waals surface area contributed by atoms with Gasteiger partial charge in [-0.05, 0) is 50.2 Å². The van der Waals surface area contributed by atoms with E-state index < -0.39 is 0 Å². The van der Waals surface area contributed by atoms with E-state index in [4.69, 9.17) is 15.2 Å². The van der Waals surface area contributed by atoms with Crippen molar-refractivity contribution in [3.05, 3.63) is 42.1 Å². The molecule has 0 amide bonds. The SMILES string of the molecule is CCOc1ccc(OCC)c(NC(N)=NCc2ccnc(N3CCN(CC)CC3)c2)c1. The number of rotatable bonds is 9. The molecule has 2 heterocycles. The van der Waals surface area contributed by atoms with E-state index in [2.05, 4.69) is 38.1 Å². The van der Waals surface area contributed by atoms with Crippen LogP contribution in [0.5, 0.6) is 11.5 Å². The fraction of sp³-hybridized carbons (Fsp3) is 0.478. The van der Waals surface area contributed by atoms with E-state index in [9.17, 15) is 0 Å². The van der Waals surface area contributed by atoms with E-state index in [0.29, 0.717) is 31.5 Å². The Bertz CT molecular complexity index is 865. The number of nitrogens with zero attached hydrogens (tertiary/aromatic N) is 4. The average Bonchev–Trinajstić information content (AvgIpc) is 2.80. The van der Waals surface area contributed by atoms with Crippen molar-refractivity contribution >= 4 is 17.5 Å². The minimum atomic E-state index is 0.324. The maximum absolute atomic E-state index is 6.17. The lowest BCUT2D eigenvalue weighted by Gasteiger charge is -2.34. The van der Waals surface area contributed by atoms with Gasteiger partial charge in [0.25, 0.3) is 0 Å². The Morgan fingerprint density at radius 3 is 2.55 bits per heavy atom. The molecule has 1 aromatic heterocycles. The van der Waals surface area contributed by atoms with Crippen LogP contribution >= 0.6 is 0 Å². The van der Waals surface area contributed by atoms with Gasteiger partial charge < -0.3 is 30.3 Å². The molecule has 0 bridgehead atoms. The summed E-state index contributed by atoms with van der Waals surface area (Å²) in [7, 11) is 0. The molecule has 1 saturated heterocycles. The summed E-state index contributed by atoms with van der Waals surface area (Å²) in [4.78, 5) is 13.8. The molecule has 1 fully saturated rings. The number of piperazine rings is 1. The van der Waals surface area contributed by atoms with Gasteiger partial charge in [0.2, 0.25) is 0 Å². The lowest BCUT2D eigenvalue weighted by molar-refractivity contribution is 0.270. The highest BCUT2D eigenvalue weighted by molar-refractivity contribution is 5.94. The van der Waals surface area contributed by atoms with Crippen LogP contribution in [0.4, 0.5) is 11.5 Å². The second kappa shape index (κ2) is 11.4. The molecule has 0 spiro atoms. The fourth-order valence-corrected chi connectivity index (χ4v) is 3.52. The maximum Gasteiger partial charge on any atom is 0.193 e. The number of aromatic nitrogens is 1. The molecule has 2 aromatic rings. The molecule has 0 aliphatic carbocycles. The third kappa shape index (κ3) is 6.49. The molecule has 3 rings (SSSR count). The van der Waals surface area contributed by atoms with E-state index in [0.717, 1.165) is 55.5 Å². The Morgan fingerprint density at radius 1 is 1.06 bits per heavy atom. The van der Waals surface area contributed by atoms with Crippen LogP contribution < -0.4 is 25.4 Å². The minimum Gasteiger partial charge on any atom is -0.494 e. The van der Waals surface area contributed by atoms with E-state index in [1.54, 1.807) is 0 Å². The van der Waals surface area contributed by atoms with Gasteiger partial charge in [0.15, 0.2) is 5.96 Å². The smallest absolute Gasteiger partial charge is 0.193 e. The summed E-state index contributed by atoms with van der Waals surface area (Å²) in [6, 6.07) is 9.70. The van der Waals surface area contributed by atoms with Gasteiger partial charge in [-0.1, -0.05) is 6.92 Å². The van der Waals surface area contributed by atoms with E-state index in [1.165, 1.54) is 0 Å². The molecule has 168 valence electrons.